The number of nitrogens with one attached hydrogen (secondary N) is 2. The number of rotatable bonds is 4. The van der Waals surface area contributed by atoms with Crippen LogP contribution in [0.2, 0.25) is 10.0 Å². The summed E-state index contributed by atoms with van der Waals surface area (Å²) in [5.74, 6) is 0. The zero-order valence-corrected chi connectivity index (χ0v) is 9.98. The molecular weight excluding hydrogens is 251 g/mol. The van der Waals surface area contributed by atoms with Gasteiger partial charge >= 0.3 is 6.03 Å². The number of anilines is 1. The highest BCUT2D eigenvalue weighted by atomic mass is 35.5. The van der Waals surface area contributed by atoms with Crippen molar-refractivity contribution in [1.82, 2.24) is 5.32 Å². The van der Waals surface area contributed by atoms with Crippen molar-refractivity contribution in [1.29, 1.82) is 0 Å². The Bertz CT molecular complexity index is 372. The van der Waals surface area contributed by atoms with E-state index in [1.54, 1.807) is 18.2 Å². The Balaban J connectivity index is 2.52. The molecule has 1 rings (SSSR count). The number of aliphatic hydroxyl groups excluding tert-OH is 1. The average Bonchev–Trinajstić information content (AvgIpc) is 2.24. The molecule has 0 fully saturated rings. The molecule has 0 unspecified atom stereocenters. The highest BCUT2D eigenvalue weighted by molar-refractivity contribution is 6.35. The van der Waals surface area contributed by atoms with E-state index in [-0.39, 0.29) is 12.6 Å². The summed E-state index contributed by atoms with van der Waals surface area (Å²) < 4.78 is 0. The van der Waals surface area contributed by atoms with E-state index in [9.17, 15) is 4.79 Å². The Morgan fingerprint density at radius 2 is 2.12 bits per heavy atom. The van der Waals surface area contributed by atoms with Crippen molar-refractivity contribution in [3.8, 4) is 0 Å². The first-order chi connectivity index (χ1) is 7.63. The van der Waals surface area contributed by atoms with E-state index in [4.69, 9.17) is 28.3 Å². The van der Waals surface area contributed by atoms with Gasteiger partial charge in [0.15, 0.2) is 0 Å². The highest BCUT2D eigenvalue weighted by Crippen LogP contribution is 2.25. The minimum absolute atomic E-state index is 0.0399. The topological polar surface area (TPSA) is 61.4 Å². The predicted molar refractivity (Wildman–Crippen MR) is 65.2 cm³/mol. The molecule has 1 aromatic rings. The van der Waals surface area contributed by atoms with E-state index in [2.05, 4.69) is 10.6 Å². The molecule has 0 radical (unpaired) electrons. The van der Waals surface area contributed by atoms with Gasteiger partial charge < -0.3 is 15.7 Å². The first-order valence-electron chi connectivity index (χ1n) is 4.74. The number of benzene rings is 1. The number of urea groups is 1. The molecule has 0 spiro atoms. The summed E-state index contributed by atoms with van der Waals surface area (Å²) in [4.78, 5) is 11.3. The molecule has 1 aromatic carbocycles. The molecule has 2 amide bonds. The number of carbonyl (C=O) groups is 1. The molecule has 6 heteroatoms. The first-order valence-corrected chi connectivity index (χ1v) is 5.50. The largest absolute Gasteiger partial charge is 0.396 e. The zero-order chi connectivity index (χ0) is 12.0. The quantitative estimate of drug-likeness (QED) is 0.731. The summed E-state index contributed by atoms with van der Waals surface area (Å²) in [6.07, 6.45) is 0.511. The van der Waals surface area contributed by atoms with E-state index >= 15 is 0 Å². The van der Waals surface area contributed by atoms with Crippen molar-refractivity contribution >= 4 is 34.9 Å². The van der Waals surface area contributed by atoms with Crippen LogP contribution < -0.4 is 10.6 Å². The van der Waals surface area contributed by atoms with Crippen LogP contribution in [-0.2, 0) is 0 Å². The minimum atomic E-state index is -0.377. The smallest absolute Gasteiger partial charge is 0.319 e. The molecule has 4 nitrogen and oxygen atoms in total. The Hall–Kier alpha value is -0.970. The van der Waals surface area contributed by atoms with Crippen LogP contribution in [-0.4, -0.2) is 24.3 Å². The van der Waals surface area contributed by atoms with Gasteiger partial charge in [-0.3, -0.25) is 0 Å². The molecule has 3 N–H and O–H groups in total. The van der Waals surface area contributed by atoms with Crippen molar-refractivity contribution in [2.45, 2.75) is 6.42 Å². The molecule has 0 saturated heterocycles. The molecule has 16 heavy (non-hydrogen) atoms. The van der Waals surface area contributed by atoms with E-state index in [0.717, 1.165) is 0 Å². The third kappa shape index (κ3) is 4.26. The number of halogens is 2. The second-order valence-corrected chi connectivity index (χ2v) is 3.93. The molecular formula is C10H12Cl2N2O2. The van der Waals surface area contributed by atoms with Gasteiger partial charge in [0.2, 0.25) is 0 Å². The normalized spacial score (nSPS) is 9.94. The lowest BCUT2D eigenvalue weighted by molar-refractivity contribution is 0.249. The third-order valence-corrected chi connectivity index (χ3v) is 2.36. The summed E-state index contributed by atoms with van der Waals surface area (Å²) in [6.45, 7) is 0.443. The summed E-state index contributed by atoms with van der Waals surface area (Å²) >= 11 is 11.6. The van der Waals surface area contributed by atoms with Gasteiger partial charge in [0, 0.05) is 18.2 Å². The van der Waals surface area contributed by atoms with Crippen molar-refractivity contribution in [3.05, 3.63) is 28.2 Å². The summed E-state index contributed by atoms with van der Waals surface area (Å²) in [6, 6.07) is 4.43. The molecule has 0 aliphatic carbocycles. The fourth-order valence-electron chi connectivity index (χ4n) is 1.04. The SMILES string of the molecule is O=C(NCCCO)Nc1cc(Cl)ccc1Cl. The molecule has 88 valence electrons. The second-order valence-electron chi connectivity index (χ2n) is 3.08. The molecule has 0 aromatic heterocycles. The van der Waals surface area contributed by atoms with Crippen LogP contribution in [0.3, 0.4) is 0 Å². The maximum absolute atomic E-state index is 11.3. The van der Waals surface area contributed by atoms with Crippen molar-refractivity contribution in [3.63, 3.8) is 0 Å². The third-order valence-electron chi connectivity index (χ3n) is 1.80. The number of aliphatic hydroxyl groups is 1. The summed E-state index contributed by atoms with van der Waals surface area (Å²) in [5.41, 5.74) is 0.454. The molecule has 0 heterocycles. The summed E-state index contributed by atoms with van der Waals surface area (Å²) in [5, 5.41) is 14.6. The molecule has 0 bridgehead atoms. The van der Waals surface area contributed by atoms with Gasteiger partial charge in [-0.05, 0) is 24.6 Å². The maximum atomic E-state index is 11.3. The fourth-order valence-corrected chi connectivity index (χ4v) is 1.38. The predicted octanol–water partition coefficient (Wildman–Crippen LogP) is 2.50. The standard InChI is InChI=1S/C10H12Cl2N2O2/c11-7-2-3-8(12)9(6-7)14-10(16)13-4-1-5-15/h2-3,6,15H,1,4-5H2,(H2,13,14,16). The van der Waals surface area contributed by atoms with Gasteiger partial charge in [0.1, 0.15) is 0 Å². The Kier molecular flexibility index (Phi) is 5.38. The number of carbonyl (C=O) groups excluding carboxylic acids is 1. The highest BCUT2D eigenvalue weighted by Gasteiger charge is 2.05. The van der Waals surface area contributed by atoms with E-state index in [1.165, 1.54) is 0 Å². The van der Waals surface area contributed by atoms with Gasteiger partial charge in [-0.25, -0.2) is 4.79 Å². The first kappa shape index (κ1) is 13.1. The maximum Gasteiger partial charge on any atom is 0.319 e. The lowest BCUT2D eigenvalue weighted by Gasteiger charge is -2.08. The van der Waals surface area contributed by atoms with Crippen LogP contribution >= 0.6 is 23.2 Å². The van der Waals surface area contributed by atoms with E-state index in [0.29, 0.717) is 28.7 Å². The second kappa shape index (κ2) is 6.58. The molecule has 0 aliphatic heterocycles. The number of amides is 2. The van der Waals surface area contributed by atoms with Crippen molar-refractivity contribution in [2.75, 3.05) is 18.5 Å². The Labute approximate surface area is 104 Å². The van der Waals surface area contributed by atoms with Gasteiger partial charge in [0.25, 0.3) is 0 Å². The van der Waals surface area contributed by atoms with Crippen LogP contribution in [0.25, 0.3) is 0 Å². The Morgan fingerprint density at radius 3 is 2.81 bits per heavy atom. The van der Waals surface area contributed by atoms with Crippen LogP contribution in [0.15, 0.2) is 18.2 Å². The fraction of sp³-hybridized carbons (Fsp3) is 0.300. The summed E-state index contributed by atoms with van der Waals surface area (Å²) in [7, 11) is 0. The van der Waals surface area contributed by atoms with E-state index in [1.807, 2.05) is 0 Å². The van der Waals surface area contributed by atoms with Gasteiger partial charge in [-0.15, -0.1) is 0 Å². The number of hydrogen-bond acceptors (Lipinski definition) is 2. The minimum Gasteiger partial charge on any atom is -0.396 e. The van der Waals surface area contributed by atoms with Crippen LogP contribution in [0.5, 0.6) is 0 Å². The number of hydrogen-bond donors (Lipinski definition) is 3. The monoisotopic (exact) mass is 262 g/mol. The van der Waals surface area contributed by atoms with Crippen molar-refractivity contribution < 1.29 is 9.90 Å². The lowest BCUT2D eigenvalue weighted by Crippen LogP contribution is -2.30. The van der Waals surface area contributed by atoms with Crippen LogP contribution in [0.4, 0.5) is 10.5 Å². The average molecular weight is 263 g/mol. The molecule has 0 saturated carbocycles. The van der Waals surface area contributed by atoms with Gasteiger partial charge in [-0.2, -0.15) is 0 Å². The van der Waals surface area contributed by atoms with Gasteiger partial charge in [-0.1, -0.05) is 23.2 Å². The molecule has 0 atom stereocenters. The van der Waals surface area contributed by atoms with Crippen molar-refractivity contribution in [2.24, 2.45) is 0 Å². The lowest BCUT2D eigenvalue weighted by atomic mass is 10.3. The van der Waals surface area contributed by atoms with Crippen LogP contribution in [0, 0.1) is 0 Å². The van der Waals surface area contributed by atoms with Crippen LogP contribution in [0.1, 0.15) is 6.42 Å². The Morgan fingerprint density at radius 1 is 1.38 bits per heavy atom. The van der Waals surface area contributed by atoms with Gasteiger partial charge in [0.05, 0.1) is 10.7 Å². The van der Waals surface area contributed by atoms with E-state index < -0.39 is 0 Å². The zero-order valence-electron chi connectivity index (χ0n) is 8.46. The molecule has 0 aliphatic rings.